The Hall–Kier alpha value is -1.66. The van der Waals surface area contributed by atoms with E-state index in [1.165, 1.54) is 12.0 Å². The Bertz CT molecular complexity index is 561. The van der Waals surface area contributed by atoms with Gasteiger partial charge in [0.15, 0.2) is 11.5 Å². The molecular weight excluding hydrogens is 296 g/mol. The maximum Gasteiger partial charge on any atom is 0.387 e. The summed E-state index contributed by atoms with van der Waals surface area (Å²) in [4.78, 5) is 1.19. The van der Waals surface area contributed by atoms with Crippen LogP contribution in [0, 0.1) is 0 Å². The number of hydrogen-bond acceptors (Lipinski definition) is 4. The van der Waals surface area contributed by atoms with Gasteiger partial charge in [0.2, 0.25) is 0 Å². The van der Waals surface area contributed by atoms with Crippen molar-refractivity contribution in [2.75, 3.05) is 7.11 Å². The van der Waals surface area contributed by atoms with E-state index in [0.29, 0.717) is 17.9 Å². The van der Waals surface area contributed by atoms with Crippen LogP contribution in [0.5, 0.6) is 11.5 Å². The molecule has 0 bridgehead atoms. The van der Waals surface area contributed by atoms with E-state index in [4.69, 9.17) is 4.74 Å². The number of nitrogens with one attached hydrogen (secondary N) is 1. The molecule has 0 amide bonds. The minimum atomic E-state index is -2.88. The van der Waals surface area contributed by atoms with Crippen LogP contribution in [0.1, 0.15) is 23.4 Å². The lowest BCUT2D eigenvalue weighted by Crippen LogP contribution is -2.18. The molecule has 0 aliphatic rings. The van der Waals surface area contributed by atoms with Crippen LogP contribution in [0.3, 0.4) is 0 Å². The summed E-state index contributed by atoms with van der Waals surface area (Å²) in [7, 11) is 1.43. The summed E-state index contributed by atoms with van der Waals surface area (Å²) >= 11 is 1.65. The van der Waals surface area contributed by atoms with Crippen LogP contribution in [0.25, 0.3) is 0 Å². The normalized spacial score (nSPS) is 12.4. The Morgan fingerprint density at radius 1 is 1.24 bits per heavy atom. The van der Waals surface area contributed by atoms with Crippen molar-refractivity contribution in [3.05, 3.63) is 46.2 Å². The Balaban J connectivity index is 2.11. The molecule has 0 spiro atoms. The number of alkyl halides is 2. The molecule has 0 saturated heterocycles. The Labute approximate surface area is 126 Å². The van der Waals surface area contributed by atoms with Crippen molar-refractivity contribution < 1.29 is 18.3 Å². The molecule has 0 aliphatic heterocycles. The van der Waals surface area contributed by atoms with Gasteiger partial charge in [-0.2, -0.15) is 8.78 Å². The van der Waals surface area contributed by atoms with Crippen molar-refractivity contribution in [1.82, 2.24) is 5.32 Å². The number of rotatable bonds is 7. The molecule has 0 fully saturated rings. The van der Waals surface area contributed by atoms with Gasteiger partial charge in [0, 0.05) is 23.0 Å². The van der Waals surface area contributed by atoms with Crippen LogP contribution in [0.4, 0.5) is 8.78 Å². The molecule has 2 rings (SSSR count). The summed E-state index contributed by atoms with van der Waals surface area (Å²) in [6.07, 6.45) is 0. The summed E-state index contributed by atoms with van der Waals surface area (Å²) in [6, 6.07) is 9.25. The van der Waals surface area contributed by atoms with Gasteiger partial charge in [-0.25, -0.2) is 0 Å². The number of halogens is 2. The van der Waals surface area contributed by atoms with Gasteiger partial charge in [0.25, 0.3) is 0 Å². The minimum Gasteiger partial charge on any atom is -0.493 e. The van der Waals surface area contributed by atoms with E-state index in [2.05, 4.69) is 10.1 Å². The first kappa shape index (κ1) is 15.7. The number of methoxy groups -OCH3 is 1. The number of thiophene rings is 1. The first-order valence-corrected chi connectivity index (χ1v) is 7.37. The topological polar surface area (TPSA) is 30.5 Å². The van der Waals surface area contributed by atoms with E-state index >= 15 is 0 Å². The zero-order chi connectivity index (χ0) is 15.2. The van der Waals surface area contributed by atoms with Gasteiger partial charge in [-0.1, -0.05) is 18.2 Å². The molecule has 1 heterocycles. The smallest absolute Gasteiger partial charge is 0.387 e. The minimum absolute atomic E-state index is 0.0841. The first-order valence-electron chi connectivity index (χ1n) is 6.49. The molecule has 2 aromatic rings. The summed E-state index contributed by atoms with van der Waals surface area (Å²) in [5.74, 6) is 0.388. The molecule has 3 nitrogen and oxygen atoms in total. The highest BCUT2D eigenvalue weighted by Crippen LogP contribution is 2.32. The molecule has 0 aliphatic carbocycles. The number of hydrogen-bond donors (Lipinski definition) is 1. The van der Waals surface area contributed by atoms with Gasteiger partial charge in [0.1, 0.15) is 0 Å². The summed E-state index contributed by atoms with van der Waals surface area (Å²) in [5.41, 5.74) is 0.637. The number of ether oxygens (including phenoxy) is 2. The molecule has 0 unspecified atom stereocenters. The molecule has 0 saturated carbocycles. The largest absolute Gasteiger partial charge is 0.493 e. The predicted octanol–water partition coefficient (Wildman–Crippen LogP) is 4.21. The highest BCUT2D eigenvalue weighted by Gasteiger charge is 2.16. The number of benzene rings is 1. The van der Waals surface area contributed by atoms with Gasteiger partial charge in [-0.3, -0.25) is 0 Å². The molecule has 21 heavy (non-hydrogen) atoms. The van der Waals surface area contributed by atoms with Crippen LogP contribution in [-0.2, 0) is 6.54 Å². The molecular formula is C15H17F2NO2S. The third kappa shape index (κ3) is 4.15. The Kier molecular flexibility index (Phi) is 5.52. The van der Waals surface area contributed by atoms with Crippen LogP contribution >= 0.6 is 11.3 Å². The van der Waals surface area contributed by atoms with Crippen LogP contribution in [0.2, 0.25) is 0 Å². The Morgan fingerprint density at radius 3 is 2.67 bits per heavy atom. The highest BCUT2D eigenvalue weighted by molar-refractivity contribution is 7.10. The lowest BCUT2D eigenvalue weighted by Gasteiger charge is -2.17. The van der Waals surface area contributed by atoms with Crippen LogP contribution < -0.4 is 14.8 Å². The SMILES string of the molecule is COc1cccc(CN[C@@H](C)c2cccs2)c1OC(F)F. The molecule has 1 atom stereocenters. The average Bonchev–Trinajstić information content (AvgIpc) is 2.99. The fourth-order valence-electron chi connectivity index (χ4n) is 1.99. The van der Waals surface area contributed by atoms with E-state index in [9.17, 15) is 8.78 Å². The van der Waals surface area contributed by atoms with Crippen molar-refractivity contribution in [2.24, 2.45) is 0 Å². The van der Waals surface area contributed by atoms with Gasteiger partial charge in [-0.15, -0.1) is 11.3 Å². The van der Waals surface area contributed by atoms with Crippen molar-refractivity contribution in [3.8, 4) is 11.5 Å². The fraction of sp³-hybridized carbons (Fsp3) is 0.333. The molecule has 1 N–H and O–H groups in total. The molecule has 6 heteroatoms. The van der Waals surface area contributed by atoms with Crippen molar-refractivity contribution in [3.63, 3.8) is 0 Å². The predicted molar refractivity (Wildman–Crippen MR) is 79.2 cm³/mol. The third-order valence-electron chi connectivity index (χ3n) is 3.06. The Morgan fingerprint density at radius 2 is 2.05 bits per heavy atom. The molecule has 114 valence electrons. The lowest BCUT2D eigenvalue weighted by atomic mass is 10.1. The maximum atomic E-state index is 12.5. The zero-order valence-corrected chi connectivity index (χ0v) is 12.6. The van der Waals surface area contributed by atoms with E-state index < -0.39 is 6.61 Å². The zero-order valence-electron chi connectivity index (χ0n) is 11.8. The van der Waals surface area contributed by atoms with E-state index in [-0.39, 0.29) is 11.8 Å². The van der Waals surface area contributed by atoms with Crippen molar-refractivity contribution in [2.45, 2.75) is 26.1 Å². The molecule has 1 aromatic carbocycles. The summed E-state index contributed by atoms with van der Waals surface area (Å²) < 4.78 is 34.8. The van der Waals surface area contributed by atoms with Crippen LogP contribution in [-0.4, -0.2) is 13.7 Å². The molecule has 0 radical (unpaired) electrons. The second kappa shape index (κ2) is 7.38. The van der Waals surface area contributed by atoms with Gasteiger partial charge >= 0.3 is 6.61 Å². The van der Waals surface area contributed by atoms with Gasteiger partial charge < -0.3 is 14.8 Å². The van der Waals surface area contributed by atoms with Crippen molar-refractivity contribution in [1.29, 1.82) is 0 Å². The monoisotopic (exact) mass is 313 g/mol. The van der Waals surface area contributed by atoms with Gasteiger partial charge in [0.05, 0.1) is 7.11 Å². The quantitative estimate of drug-likeness (QED) is 0.830. The number of para-hydroxylation sites is 1. The van der Waals surface area contributed by atoms with E-state index in [1.807, 2.05) is 24.4 Å². The van der Waals surface area contributed by atoms with E-state index in [0.717, 1.165) is 0 Å². The maximum absolute atomic E-state index is 12.5. The fourth-order valence-corrected chi connectivity index (χ4v) is 2.74. The van der Waals surface area contributed by atoms with Crippen molar-refractivity contribution >= 4 is 11.3 Å². The second-order valence-corrected chi connectivity index (χ2v) is 5.42. The standard InChI is InChI=1S/C15H17F2NO2S/c1-10(13-7-4-8-21-13)18-9-11-5-3-6-12(19-2)14(11)20-15(16)17/h3-8,10,15,18H,9H2,1-2H3/t10-/m0/s1. The average molecular weight is 313 g/mol. The third-order valence-corrected chi connectivity index (χ3v) is 4.11. The second-order valence-electron chi connectivity index (χ2n) is 4.45. The van der Waals surface area contributed by atoms with Crippen LogP contribution in [0.15, 0.2) is 35.7 Å². The highest BCUT2D eigenvalue weighted by atomic mass is 32.1. The summed E-state index contributed by atoms with van der Waals surface area (Å²) in [6.45, 7) is -0.437. The molecule has 1 aromatic heterocycles. The summed E-state index contributed by atoms with van der Waals surface area (Å²) in [5, 5.41) is 5.30. The van der Waals surface area contributed by atoms with Gasteiger partial charge in [-0.05, 0) is 24.4 Å². The van der Waals surface area contributed by atoms with E-state index in [1.54, 1.807) is 29.5 Å². The first-order chi connectivity index (χ1) is 10.1. The lowest BCUT2D eigenvalue weighted by molar-refractivity contribution is -0.0518.